The Morgan fingerprint density at radius 1 is 1.00 bits per heavy atom. The van der Waals surface area contributed by atoms with Crippen LogP contribution in [0, 0.1) is 0 Å². The molecule has 1 atom stereocenters. The van der Waals surface area contributed by atoms with Gasteiger partial charge in [0.15, 0.2) is 17.8 Å². The Balaban J connectivity index is 1.60. The summed E-state index contributed by atoms with van der Waals surface area (Å²) in [4.78, 5) is 0.759. The number of benzene rings is 1. The van der Waals surface area contributed by atoms with Crippen molar-refractivity contribution in [3.8, 4) is 11.5 Å². The molecule has 0 aromatic heterocycles. The zero-order valence-electron chi connectivity index (χ0n) is 11.9. The summed E-state index contributed by atoms with van der Waals surface area (Å²) in [5, 5.41) is 0. The second-order valence-corrected chi connectivity index (χ2v) is 6.59. The van der Waals surface area contributed by atoms with Crippen molar-refractivity contribution in [2.24, 2.45) is 0 Å². The quantitative estimate of drug-likeness (QED) is 0.852. The van der Waals surface area contributed by atoms with Crippen molar-refractivity contribution in [3.05, 3.63) is 18.2 Å². The molecule has 6 heteroatoms. The summed E-state index contributed by atoms with van der Waals surface area (Å²) in [5.74, 6) is 1.93. The van der Waals surface area contributed by atoms with E-state index in [1.807, 2.05) is 18.2 Å². The summed E-state index contributed by atoms with van der Waals surface area (Å²) >= 11 is 0. The molecule has 116 valence electrons. The van der Waals surface area contributed by atoms with Gasteiger partial charge in [-0.3, -0.25) is 4.21 Å². The van der Waals surface area contributed by atoms with Crippen molar-refractivity contribution in [3.63, 3.8) is 0 Å². The van der Waals surface area contributed by atoms with Gasteiger partial charge in [-0.2, -0.15) is 0 Å². The van der Waals surface area contributed by atoms with Crippen LogP contribution in [0.2, 0.25) is 0 Å². The lowest BCUT2D eigenvalue weighted by Gasteiger charge is -2.22. The lowest BCUT2D eigenvalue weighted by molar-refractivity contribution is -0.178. The Kier molecular flexibility index (Phi) is 5.11. The van der Waals surface area contributed by atoms with E-state index in [1.54, 1.807) is 0 Å². The normalized spacial score (nSPS) is 20.8. The minimum absolute atomic E-state index is 0.219. The highest BCUT2D eigenvalue weighted by molar-refractivity contribution is 7.85. The van der Waals surface area contributed by atoms with Crippen molar-refractivity contribution < 1.29 is 23.2 Å². The molecule has 1 fully saturated rings. The molecule has 0 aliphatic carbocycles. The van der Waals surface area contributed by atoms with Crippen molar-refractivity contribution in [1.29, 1.82) is 0 Å². The first-order chi connectivity index (χ1) is 10.3. The highest BCUT2D eigenvalue weighted by Gasteiger charge is 2.17. The molecule has 3 rings (SSSR count). The van der Waals surface area contributed by atoms with E-state index in [0.29, 0.717) is 31.1 Å². The number of hydrogen-bond acceptors (Lipinski definition) is 5. The first-order valence-electron chi connectivity index (χ1n) is 7.34. The Morgan fingerprint density at radius 3 is 2.52 bits per heavy atom. The minimum Gasteiger partial charge on any atom is -0.490 e. The van der Waals surface area contributed by atoms with Crippen LogP contribution >= 0.6 is 0 Å². The summed E-state index contributed by atoms with van der Waals surface area (Å²) in [6.07, 6.45) is 2.22. The van der Waals surface area contributed by atoms with E-state index in [9.17, 15) is 4.21 Å². The molecule has 1 aromatic rings. The molecule has 0 bridgehead atoms. The van der Waals surface area contributed by atoms with Crippen LogP contribution in [-0.4, -0.2) is 42.7 Å². The summed E-state index contributed by atoms with van der Waals surface area (Å²) in [5.41, 5.74) is 0. The van der Waals surface area contributed by atoms with Crippen LogP contribution in [0.1, 0.15) is 19.3 Å². The molecule has 0 spiro atoms. The molecular formula is C15H20O5S. The predicted molar refractivity (Wildman–Crippen MR) is 78.3 cm³/mol. The van der Waals surface area contributed by atoms with E-state index in [4.69, 9.17) is 18.9 Å². The third-order valence-corrected chi connectivity index (χ3v) is 4.80. The summed E-state index contributed by atoms with van der Waals surface area (Å²) < 4.78 is 34.5. The van der Waals surface area contributed by atoms with Gasteiger partial charge in [0.2, 0.25) is 0 Å². The molecule has 2 heterocycles. The Hall–Kier alpha value is -1.11. The van der Waals surface area contributed by atoms with Crippen LogP contribution in [0.25, 0.3) is 0 Å². The fraction of sp³-hybridized carbons (Fsp3) is 0.600. The summed E-state index contributed by atoms with van der Waals surface area (Å²) in [6.45, 7) is 2.74. The largest absolute Gasteiger partial charge is 0.490 e. The van der Waals surface area contributed by atoms with Crippen molar-refractivity contribution in [1.82, 2.24) is 0 Å². The van der Waals surface area contributed by atoms with E-state index in [2.05, 4.69) is 0 Å². The summed E-state index contributed by atoms with van der Waals surface area (Å²) in [7, 11) is -1.08. The van der Waals surface area contributed by atoms with Gasteiger partial charge in [-0.25, -0.2) is 0 Å². The van der Waals surface area contributed by atoms with Crippen LogP contribution < -0.4 is 9.47 Å². The van der Waals surface area contributed by atoms with Gasteiger partial charge in [0.1, 0.15) is 0 Å². The number of hydrogen-bond donors (Lipinski definition) is 0. The first kappa shape index (κ1) is 14.8. The molecule has 1 unspecified atom stereocenters. The van der Waals surface area contributed by atoms with Crippen LogP contribution in [0.3, 0.4) is 0 Å². The van der Waals surface area contributed by atoms with Gasteiger partial charge >= 0.3 is 0 Å². The maximum atomic E-state index is 12.4. The third kappa shape index (κ3) is 3.96. The van der Waals surface area contributed by atoms with Crippen molar-refractivity contribution in [2.45, 2.75) is 30.4 Å². The average molecular weight is 312 g/mol. The minimum atomic E-state index is -1.08. The van der Waals surface area contributed by atoms with Gasteiger partial charge in [0.25, 0.3) is 0 Å². The second-order valence-electron chi connectivity index (χ2n) is 5.02. The van der Waals surface area contributed by atoms with Gasteiger partial charge in [0.05, 0.1) is 37.2 Å². The fourth-order valence-electron chi connectivity index (χ4n) is 2.31. The highest BCUT2D eigenvalue weighted by atomic mass is 32.2. The molecule has 2 aliphatic rings. The molecule has 21 heavy (non-hydrogen) atoms. The van der Waals surface area contributed by atoms with E-state index in [1.165, 1.54) is 0 Å². The number of fused-ring (bicyclic) bond motifs is 1. The Bertz CT molecular complexity index is 499. The van der Waals surface area contributed by atoms with Crippen LogP contribution in [0.15, 0.2) is 23.1 Å². The fourth-order valence-corrected chi connectivity index (χ4v) is 3.41. The van der Waals surface area contributed by atoms with E-state index in [0.717, 1.165) is 36.7 Å². The lowest BCUT2D eigenvalue weighted by atomic mass is 10.3. The number of rotatable bonds is 4. The molecule has 2 aliphatic heterocycles. The maximum absolute atomic E-state index is 12.4. The van der Waals surface area contributed by atoms with Gasteiger partial charge in [-0.1, -0.05) is 0 Å². The van der Waals surface area contributed by atoms with Crippen molar-refractivity contribution in [2.75, 3.05) is 32.2 Å². The zero-order valence-corrected chi connectivity index (χ0v) is 12.7. The monoisotopic (exact) mass is 312 g/mol. The second kappa shape index (κ2) is 7.24. The first-order valence-corrected chi connectivity index (χ1v) is 8.66. The van der Waals surface area contributed by atoms with Crippen LogP contribution in [-0.2, 0) is 20.3 Å². The van der Waals surface area contributed by atoms with Gasteiger partial charge < -0.3 is 18.9 Å². The molecule has 1 aromatic carbocycles. The zero-order chi connectivity index (χ0) is 14.5. The molecule has 0 saturated carbocycles. The van der Waals surface area contributed by atoms with E-state index >= 15 is 0 Å². The lowest BCUT2D eigenvalue weighted by Crippen LogP contribution is -2.26. The molecule has 0 amide bonds. The Morgan fingerprint density at radius 2 is 1.71 bits per heavy atom. The predicted octanol–water partition coefficient (Wildman–Crippen LogP) is 2.11. The van der Waals surface area contributed by atoms with Gasteiger partial charge in [-0.15, -0.1) is 0 Å². The smallest absolute Gasteiger partial charge is 0.162 e. The molecule has 5 nitrogen and oxygen atoms in total. The number of ether oxygens (including phenoxy) is 4. The highest BCUT2D eigenvalue weighted by Crippen LogP contribution is 2.31. The maximum Gasteiger partial charge on any atom is 0.162 e. The van der Waals surface area contributed by atoms with E-state index < -0.39 is 10.8 Å². The van der Waals surface area contributed by atoms with Crippen LogP contribution in [0.5, 0.6) is 11.5 Å². The summed E-state index contributed by atoms with van der Waals surface area (Å²) in [6, 6.07) is 5.49. The van der Waals surface area contributed by atoms with E-state index in [-0.39, 0.29) is 6.29 Å². The molecular weight excluding hydrogens is 292 g/mol. The molecule has 0 N–H and O–H groups in total. The van der Waals surface area contributed by atoms with Gasteiger partial charge in [0, 0.05) is 29.6 Å². The Labute approximate surface area is 127 Å². The van der Waals surface area contributed by atoms with Crippen LogP contribution in [0.4, 0.5) is 0 Å². The van der Waals surface area contributed by atoms with Crippen molar-refractivity contribution >= 4 is 10.8 Å². The topological polar surface area (TPSA) is 54.0 Å². The SMILES string of the molecule is O=S(CCC1OCCCO1)c1ccc2c(c1)OCCCO2. The van der Waals surface area contributed by atoms with Gasteiger partial charge in [-0.05, 0) is 18.6 Å². The third-order valence-electron chi connectivity index (χ3n) is 3.42. The molecule has 0 radical (unpaired) electrons. The molecule has 1 saturated heterocycles. The standard InChI is InChI=1S/C15H20O5S/c16-21(10-5-15-19-8-2-9-20-15)12-3-4-13-14(11-12)18-7-1-6-17-13/h3-4,11,15H,1-2,5-10H2. The average Bonchev–Trinajstić information content (AvgIpc) is 2.78.